The standard InChI is InChI=1S/C26H19ClN4/c1-16-13-20(14-16)26-30-23(24-25(27)28-11-12-31(24)26)19-8-7-18-9-10-21(29-22(18)15-19)17-5-3-2-4-6-17/h2-12,15,20H,1,13-14H2. The van der Waals surface area contributed by atoms with Gasteiger partial charge in [0.05, 0.1) is 16.9 Å². The number of hydrogen-bond acceptors (Lipinski definition) is 3. The molecule has 0 N–H and O–H groups in total. The smallest absolute Gasteiger partial charge is 0.155 e. The highest BCUT2D eigenvalue weighted by molar-refractivity contribution is 6.33. The molecule has 1 fully saturated rings. The van der Waals surface area contributed by atoms with Crippen LogP contribution in [-0.4, -0.2) is 19.4 Å². The SMILES string of the molecule is C=C1CC(c2nc(-c3ccc4ccc(-c5ccccc5)nc4c3)c3c(Cl)nccn23)C1. The number of imidazole rings is 1. The van der Waals surface area contributed by atoms with Crippen LogP contribution >= 0.6 is 11.6 Å². The predicted molar refractivity (Wildman–Crippen MR) is 125 cm³/mol. The van der Waals surface area contributed by atoms with Gasteiger partial charge in [0.1, 0.15) is 11.3 Å². The van der Waals surface area contributed by atoms with Gasteiger partial charge in [0.15, 0.2) is 5.15 Å². The zero-order valence-corrected chi connectivity index (χ0v) is 17.5. The quantitative estimate of drug-likeness (QED) is 0.304. The lowest BCUT2D eigenvalue weighted by atomic mass is 9.80. The lowest BCUT2D eigenvalue weighted by Gasteiger charge is -2.27. The van der Waals surface area contributed by atoms with Crippen molar-refractivity contribution in [1.82, 2.24) is 19.4 Å². The molecule has 31 heavy (non-hydrogen) atoms. The maximum atomic E-state index is 6.54. The van der Waals surface area contributed by atoms with E-state index in [1.54, 1.807) is 6.20 Å². The van der Waals surface area contributed by atoms with Gasteiger partial charge in [-0.25, -0.2) is 15.0 Å². The Bertz CT molecular complexity index is 1460. The van der Waals surface area contributed by atoms with E-state index in [1.807, 2.05) is 24.4 Å². The number of pyridine rings is 1. The molecule has 3 aromatic heterocycles. The van der Waals surface area contributed by atoms with Gasteiger partial charge >= 0.3 is 0 Å². The maximum Gasteiger partial charge on any atom is 0.155 e. The molecule has 4 nitrogen and oxygen atoms in total. The van der Waals surface area contributed by atoms with Crippen LogP contribution in [0.4, 0.5) is 0 Å². The molecule has 1 aliphatic rings. The number of nitrogens with zero attached hydrogens (tertiary/aromatic N) is 4. The summed E-state index contributed by atoms with van der Waals surface area (Å²) in [5.41, 5.74) is 6.93. The fourth-order valence-electron chi connectivity index (χ4n) is 4.37. The summed E-state index contributed by atoms with van der Waals surface area (Å²) in [6.45, 7) is 4.08. The molecule has 1 aliphatic carbocycles. The van der Waals surface area contributed by atoms with Crippen molar-refractivity contribution in [2.24, 2.45) is 0 Å². The van der Waals surface area contributed by atoms with E-state index < -0.39 is 0 Å². The van der Waals surface area contributed by atoms with Crippen LogP contribution in [0.1, 0.15) is 24.6 Å². The van der Waals surface area contributed by atoms with Crippen molar-refractivity contribution in [3.63, 3.8) is 0 Å². The Labute approximate surface area is 184 Å². The zero-order valence-electron chi connectivity index (χ0n) is 16.8. The van der Waals surface area contributed by atoms with E-state index in [2.05, 4.69) is 58.4 Å². The summed E-state index contributed by atoms with van der Waals surface area (Å²) >= 11 is 6.54. The number of aromatic nitrogens is 4. The number of benzene rings is 2. The first kappa shape index (κ1) is 18.3. The van der Waals surface area contributed by atoms with Crippen LogP contribution in [0.3, 0.4) is 0 Å². The molecule has 1 saturated carbocycles. The Balaban J connectivity index is 1.52. The van der Waals surface area contributed by atoms with Gasteiger partial charge in [-0.05, 0) is 25.0 Å². The van der Waals surface area contributed by atoms with Crippen molar-refractivity contribution in [2.75, 3.05) is 0 Å². The second-order valence-electron chi connectivity index (χ2n) is 8.08. The van der Waals surface area contributed by atoms with Crippen molar-refractivity contribution in [3.8, 4) is 22.5 Å². The minimum Gasteiger partial charge on any atom is -0.299 e. The molecular weight excluding hydrogens is 404 g/mol. The molecular formula is C26H19ClN4. The normalized spacial score (nSPS) is 14.3. The number of allylic oxidation sites excluding steroid dienone is 1. The summed E-state index contributed by atoms with van der Waals surface area (Å²) in [7, 11) is 0. The van der Waals surface area contributed by atoms with E-state index in [9.17, 15) is 0 Å². The molecule has 0 saturated heterocycles. The Morgan fingerprint density at radius 1 is 0.935 bits per heavy atom. The van der Waals surface area contributed by atoms with Crippen LogP contribution in [0, 0.1) is 0 Å². The number of hydrogen-bond donors (Lipinski definition) is 0. The molecule has 5 aromatic rings. The van der Waals surface area contributed by atoms with Crippen LogP contribution in [-0.2, 0) is 0 Å². The van der Waals surface area contributed by atoms with Gasteiger partial charge in [-0.2, -0.15) is 0 Å². The highest BCUT2D eigenvalue weighted by Gasteiger charge is 2.29. The van der Waals surface area contributed by atoms with Crippen LogP contribution in [0.2, 0.25) is 5.15 Å². The third-order valence-corrected chi connectivity index (χ3v) is 6.28. The minimum absolute atomic E-state index is 0.371. The topological polar surface area (TPSA) is 43.1 Å². The average Bonchev–Trinajstić information content (AvgIpc) is 3.17. The first-order valence-corrected chi connectivity index (χ1v) is 10.7. The van der Waals surface area contributed by atoms with E-state index in [0.717, 1.165) is 57.6 Å². The molecule has 0 unspecified atom stereocenters. The summed E-state index contributed by atoms with van der Waals surface area (Å²) < 4.78 is 2.08. The molecule has 6 rings (SSSR count). The van der Waals surface area contributed by atoms with E-state index in [-0.39, 0.29) is 0 Å². The molecule has 0 radical (unpaired) electrons. The molecule has 3 heterocycles. The first-order chi connectivity index (χ1) is 15.2. The number of fused-ring (bicyclic) bond motifs is 2. The van der Waals surface area contributed by atoms with E-state index in [1.165, 1.54) is 5.57 Å². The van der Waals surface area contributed by atoms with Crippen molar-refractivity contribution in [2.45, 2.75) is 18.8 Å². The van der Waals surface area contributed by atoms with Gasteiger partial charge in [-0.3, -0.25) is 4.40 Å². The molecule has 0 amide bonds. The number of halogens is 1. The minimum atomic E-state index is 0.371. The van der Waals surface area contributed by atoms with E-state index in [4.69, 9.17) is 21.6 Å². The summed E-state index contributed by atoms with van der Waals surface area (Å²) in [4.78, 5) is 14.3. The fourth-order valence-corrected chi connectivity index (χ4v) is 4.60. The Hall–Kier alpha value is -3.50. The molecule has 5 heteroatoms. The lowest BCUT2D eigenvalue weighted by molar-refractivity contribution is 0.521. The average molecular weight is 423 g/mol. The first-order valence-electron chi connectivity index (χ1n) is 10.3. The van der Waals surface area contributed by atoms with E-state index >= 15 is 0 Å². The summed E-state index contributed by atoms with van der Waals surface area (Å²) in [6.07, 6.45) is 5.61. The van der Waals surface area contributed by atoms with Gasteiger partial charge in [0, 0.05) is 34.8 Å². The molecule has 0 bridgehead atoms. The Kier molecular flexibility index (Phi) is 4.15. The second-order valence-corrected chi connectivity index (χ2v) is 8.44. The molecule has 150 valence electrons. The van der Waals surface area contributed by atoms with Gasteiger partial charge in [0.2, 0.25) is 0 Å². The zero-order chi connectivity index (χ0) is 20.9. The summed E-state index contributed by atoms with van der Waals surface area (Å²) in [5, 5.41) is 1.55. The fraction of sp³-hybridized carbons (Fsp3) is 0.115. The predicted octanol–water partition coefficient (Wildman–Crippen LogP) is 6.70. The molecule has 0 spiro atoms. The third kappa shape index (κ3) is 3.03. The van der Waals surface area contributed by atoms with Crippen LogP contribution < -0.4 is 0 Å². The van der Waals surface area contributed by atoms with Gasteiger partial charge in [0.25, 0.3) is 0 Å². The monoisotopic (exact) mass is 422 g/mol. The van der Waals surface area contributed by atoms with Crippen LogP contribution in [0.5, 0.6) is 0 Å². The third-order valence-electron chi connectivity index (χ3n) is 6.01. The van der Waals surface area contributed by atoms with Gasteiger partial charge < -0.3 is 0 Å². The molecule has 0 atom stereocenters. The van der Waals surface area contributed by atoms with Crippen molar-refractivity contribution >= 4 is 28.0 Å². The Morgan fingerprint density at radius 2 is 1.74 bits per heavy atom. The highest BCUT2D eigenvalue weighted by Crippen LogP contribution is 2.42. The van der Waals surface area contributed by atoms with Crippen LogP contribution in [0.25, 0.3) is 38.9 Å². The molecule has 2 aromatic carbocycles. The summed E-state index contributed by atoms with van der Waals surface area (Å²) in [6, 6.07) is 20.7. The van der Waals surface area contributed by atoms with Crippen molar-refractivity contribution < 1.29 is 0 Å². The van der Waals surface area contributed by atoms with Crippen molar-refractivity contribution in [1.29, 1.82) is 0 Å². The van der Waals surface area contributed by atoms with Gasteiger partial charge in [-0.1, -0.05) is 72.3 Å². The van der Waals surface area contributed by atoms with Crippen LogP contribution in [0.15, 0.2) is 85.2 Å². The maximum absolute atomic E-state index is 6.54. The summed E-state index contributed by atoms with van der Waals surface area (Å²) in [5.74, 6) is 1.39. The van der Waals surface area contributed by atoms with Gasteiger partial charge in [-0.15, -0.1) is 0 Å². The molecule has 0 aliphatic heterocycles. The van der Waals surface area contributed by atoms with Crippen molar-refractivity contribution in [3.05, 3.63) is 96.2 Å². The largest absolute Gasteiger partial charge is 0.299 e. The highest BCUT2D eigenvalue weighted by atomic mass is 35.5. The van der Waals surface area contributed by atoms with E-state index in [0.29, 0.717) is 11.1 Å². The lowest BCUT2D eigenvalue weighted by Crippen LogP contribution is -2.15. The Morgan fingerprint density at radius 3 is 2.55 bits per heavy atom. The number of rotatable bonds is 3. The second kappa shape index (κ2) is 7.03.